The van der Waals surface area contributed by atoms with E-state index in [-0.39, 0.29) is 0 Å². The third-order valence-electron chi connectivity index (χ3n) is 6.56. The van der Waals surface area contributed by atoms with Gasteiger partial charge >= 0.3 is 0 Å². The molecule has 0 aromatic carbocycles. The Labute approximate surface area is 114 Å². The van der Waals surface area contributed by atoms with Crippen molar-refractivity contribution in [2.45, 2.75) is 102 Å². The quantitative estimate of drug-likeness (QED) is 0.637. The summed E-state index contributed by atoms with van der Waals surface area (Å²) in [5, 5.41) is 0. The zero-order valence-electron chi connectivity index (χ0n) is 12.4. The van der Waals surface area contributed by atoms with Crippen molar-refractivity contribution in [3.8, 4) is 0 Å². The molecule has 0 atom stereocenters. The first-order chi connectivity index (χ1) is 8.88. The highest BCUT2D eigenvalue weighted by Gasteiger charge is 2.50. The molecule has 3 aliphatic carbocycles. The summed E-state index contributed by atoms with van der Waals surface area (Å²) < 4.78 is 1.57. The zero-order valence-corrected chi connectivity index (χ0v) is 12.4. The van der Waals surface area contributed by atoms with Gasteiger partial charge in [0.1, 0.15) is 0 Å². The van der Waals surface area contributed by atoms with Crippen molar-refractivity contribution in [1.82, 2.24) is 0 Å². The van der Waals surface area contributed by atoms with E-state index in [0.29, 0.717) is 0 Å². The van der Waals surface area contributed by atoms with Crippen LogP contribution in [0.4, 0.5) is 0 Å². The number of rotatable bonds is 4. The van der Waals surface area contributed by atoms with E-state index in [1.165, 1.54) is 45.1 Å². The molecule has 0 amide bonds. The molecule has 0 unspecified atom stereocenters. The van der Waals surface area contributed by atoms with Crippen LogP contribution in [0.5, 0.6) is 0 Å². The molecule has 0 aliphatic heterocycles. The van der Waals surface area contributed by atoms with Gasteiger partial charge in [0.05, 0.1) is 24.7 Å². The molecule has 3 saturated carbocycles. The van der Waals surface area contributed by atoms with E-state index in [9.17, 15) is 0 Å². The molecule has 0 heterocycles. The molecule has 1 heteroatoms. The van der Waals surface area contributed by atoms with Gasteiger partial charge in [-0.15, -0.1) is 0 Å². The van der Waals surface area contributed by atoms with Crippen molar-refractivity contribution < 1.29 is 4.48 Å². The molecule has 1 nitrogen and oxygen atoms in total. The van der Waals surface area contributed by atoms with Crippen LogP contribution in [0, 0.1) is 0 Å². The van der Waals surface area contributed by atoms with E-state index in [1.54, 1.807) is 43.0 Å². The minimum atomic E-state index is 1.04. The Morgan fingerprint density at radius 1 is 0.611 bits per heavy atom. The number of nitrogens with zero attached hydrogens (tertiary/aromatic N) is 1. The molecule has 0 bridgehead atoms. The molecule has 0 radical (unpaired) electrons. The highest BCUT2D eigenvalue weighted by atomic mass is 15.4. The molecule has 0 saturated heterocycles. The summed E-state index contributed by atoms with van der Waals surface area (Å²) in [7, 11) is 0. The van der Waals surface area contributed by atoms with Gasteiger partial charge in [0.2, 0.25) is 0 Å². The van der Waals surface area contributed by atoms with Gasteiger partial charge in [-0.3, -0.25) is 0 Å². The van der Waals surface area contributed by atoms with E-state index in [4.69, 9.17) is 0 Å². The summed E-state index contributed by atoms with van der Waals surface area (Å²) in [4.78, 5) is 0. The van der Waals surface area contributed by atoms with Crippen molar-refractivity contribution in [3.63, 3.8) is 0 Å². The lowest BCUT2D eigenvalue weighted by Gasteiger charge is -2.52. The lowest BCUT2D eigenvalue weighted by molar-refractivity contribution is -0.991. The molecule has 3 aliphatic rings. The SMILES string of the molecule is CC[N+](C1CCCC1)(C1CCCC1)C1CCCC1. The fourth-order valence-electron chi connectivity index (χ4n) is 5.82. The van der Waals surface area contributed by atoms with Crippen molar-refractivity contribution >= 4 is 0 Å². The summed E-state index contributed by atoms with van der Waals surface area (Å²) in [6.45, 7) is 3.94. The van der Waals surface area contributed by atoms with E-state index >= 15 is 0 Å². The smallest absolute Gasteiger partial charge is 0.0894 e. The van der Waals surface area contributed by atoms with Gasteiger partial charge in [-0.2, -0.15) is 0 Å². The monoisotopic (exact) mass is 250 g/mol. The van der Waals surface area contributed by atoms with Gasteiger partial charge in [-0.1, -0.05) is 0 Å². The van der Waals surface area contributed by atoms with Crippen molar-refractivity contribution in [1.29, 1.82) is 0 Å². The Morgan fingerprint density at radius 2 is 0.889 bits per heavy atom. The lowest BCUT2D eigenvalue weighted by atomic mass is 9.97. The van der Waals surface area contributed by atoms with Crippen LogP contribution in [0.1, 0.15) is 84.0 Å². The van der Waals surface area contributed by atoms with Crippen LogP contribution in [0.3, 0.4) is 0 Å². The van der Waals surface area contributed by atoms with Gasteiger partial charge in [0.25, 0.3) is 0 Å². The second-order valence-electron chi connectivity index (χ2n) is 7.13. The van der Waals surface area contributed by atoms with Crippen molar-refractivity contribution in [2.24, 2.45) is 0 Å². The fraction of sp³-hybridized carbons (Fsp3) is 1.00. The van der Waals surface area contributed by atoms with Crippen LogP contribution in [0.2, 0.25) is 0 Å². The molecule has 3 fully saturated rings. The average molecular weight is 250 g/mol. The lowest BCUT2D eigenvalue weighted by Crippen LogP contribution is -2.64. The largest absolute Gasteiger partial charge is 0.317 e. The van der Waals surface area contributed by atoms with Crippen LogP contribution in [0.15, 0.2) is 0 Å². The molecule has 3 rings (SSSR count). The van der Waals surface area contributed by atoms with Crippen LogP contribution < -0.4 is 0 Å². The van der Waals surface area contributed by atoms with Gasteiger partial charge in [-0.05, 0) is 84.0 Å². The Balaban J connectivity index is 1.87. The maximum absolute atomic E-state index is 2.51. The fourth-order valence-corrected chi connectivity index (χ4v) is 5.82. The summed E-state index contributed by atoms with van der Waals surface area (Å²) in [5.41, 5.74) is 0. The first kappa shape index (κ1) is 13.0. The summed E-state index contributed by atoms with van der Waals surface area (Å²) in [6.07, 6.45) is 18.4. The highest BCUT2D eigenvalue weighted by Crippen LogP contribution is 2.44. The van der Waals surface area contributed by atoms with E-state index in [0.717, 1.165) is 18.1 Å². The van der Waals surface area contributed by atoms with E-state index < -0.39 is 0 Å². The Bertz CT molecular complexity index is 214. The third-order valence-corrected chi connectivity index (χ3v) is 6.56. The number of hydrogen-bond acceptors (Lipinski definition) is 0. The van der Waals surface area contributed by atoms with Crippen LogP contribution in [-0.4, -0.2) is 29.2 Å². The predicted molar refractivity (Wildman–Crippen MR) is 77.6 cm³/mol. The second-order valence-corrected chi connectivity index (χ2v) is 7.13. The van der Waals surface area contributed by atoms with E-state index in [1.807, 2.05) is 0 Å². The maximum atomic E-state index is 2.51. The minimum Gasteiger partial charge on any atom is -0.317 e. The van der Waals surface area contributed by atoms with Crippen LogP contribution in [0.25, 0.3) is 0 Å². The van der Waals surface area contributed by atoms with Crippen molar-refractivity contribution in [3.05, 3.63) is 0 Å². The maximum Gasteiger partial charge on any atom is 0.0894 e. The standard InChI is InChI=1S/C17H32N/c1-2-18(15-9-3-4-10-15,16-11-5-6-12-16)17-13-7-8-14-17/h15-17H,2-14H2,1H3/q+1. The second kappa shape index (κ2) is 5.53. The number of hydrogen-bond donors (Lipinski definition) is 0. The Morgan fingerprint density at radius 3 is 1.11 bits per heavy atom. The molecule has 0 N–H and O–H groups in total. The molecule has 0 aromatic heterocycles. The highest BCUT2D eigenvalue weighted by molar-refractivity contribution is 4.82. The molecule has 104 valence electrons. The normalized spacial score (nSPS) is 28.5. The number of quaternary nitrogens is 1. The minimum absolute atomic E-state index is 1.04. The van der Waals surface area contributed by atoms with Gasteiger partial charge < -0.3 is 4.48 Å². The van der Waals surface area contributed by atoms with Crippen molar-refractivity contribution in [2.75, 3.05) is 6.54 Å². The predicted octanol–water partition coefficient (Wildman–Crippen LogP) is 4.65. The van der Waals surface area contributed by atoms with Gasteiger partial charge in [-0.25, -0.2) is 0 Å². The topological polar surface area (TPSA) is 0 Å². The summed E-state index contributed by atoms with van der Waals surface area (Å²) in [6, 6.07) is 3.13. The van der Waals surface area contributed by atoms with Crippen LogP contribution in [-0.2, 0) is 0 Å². The van der Waals surface area contributed by atoms with Gasteiger partial charge in [0.15, 0.2) is 0 Å². The zero-order chi connectivity index (χ0) is 12.4. The average Bonchev–Trinajstić information content (AvgIpc) is 3.16. The first-order valence-corrected chi connectivity index (χ1v) is 8.75. The molecule has 18 heavy (non-hydrogen) atoms. The van der Waals surface area contributed by atoms with E-state index in [2.05, 4.69) is 6.92 Å². The Hall–Kier alpha value is -0.0400. The molecule has 0 spiro atoms. The summed E-state index contributed by atoms with van der Waals surface area (Å²) in [5.74, 6) is 0. The molecular formula is C17H32N+. The summed E-state index contributed by atoms with van der Waals surface area (Å²) >= 11 is 0. The Kier molecular flexibility index (Phi) is 3.98. The first-order valence-electron chi connectivity index (χ1n) is 8.75. The molecule has 0 aromatic rings. The van der Waals surface area contributed by atoms with Crippen LogP contribution >= 0.6 is 0 Å². The van der Waals surface area contributed by atoms with Gasteiger partial charge in [0, 0.05) is 0 Å². The molecular weight excluding hydrogens is 218 g/mol. The third kappa shape index (κ3) is 2.03.